The number of piperidine rings is 1. The quantitative estimate of drug-likeness (QED) is 0.773. The number of amides is 1. The third-order valence-corrected chi connectivity index (χ3v) is 5.83. The van der Waals surface area contributed by atoms with Crippen LogP contribution in [0.25, 0.3) is 16.4 Å². The highest BCUT2D eigenvalue weighted by Gasteiger charge is 2.57. The van der Waals surface area contributed by atoms with Crippen molar-refractivity contribution in [3.63, 3.8) is 0 Å². The molecule has 1 saturated heterocycles. The molecule has 2 aliphatic rings. The fourth-order valence-electron chi connectivity index (χ4n) is 4.61. The van der Waals surface area contributed by atoms with Gasteiger partial charge in [-0.15, -0.1) is 0 Å². The predicted molar refractivity (Wildman–Crippen MR) is 97.2 cm³/mol. The van der Waals surface area contributed by atoms with Gasteiger partial charge >= 0.3 is 0 Å². The van der Waals surface area contributed by atoms with Crippen LogP contribution in [0.1, 0.15) is 19.5 Å². The molecule has 0 radical (unpaired) electrons. The van der Waals surface area contributed by atoms with Crippen LogP contribution in [0.4, 0.5) is 0 Å². The molecule has 0 bridgehead atoms. The summed E-state index contributed by atoms with van der Waals surface area (Å²) in [6, 6.07) is 10.4. The van der Waals surface area contributed by atoms with E-state index in [1.54, 1.807) is 0 Å². The summed E-state index contributed by atoms with van der Waals surface area (Å²) >= 11 is 0. The lowest BCUT2D eigenvalue weighted by molar-refractivity contribution is -0.124. The molecule has 1 aliphatic heterocycles. The highest BCUT2D eigenvalue weighted by atomic mass is 16.2. The van der Waals surface area contributed by atoms with Gasteiger partial charge in [0.25, 0.3) is 0 Å². The lowest BCUT2D eigenvalue weighted by Gasteiger charge is -2.29. The van der Waals surface area contributed by atoms with Gasteiger partial charge in [-0.25, -0.2) is 4.98 Å². The first-order valence-corrected chi connectivity index (χ1v) is 8.94. The minimum absolute atomic E-state index is 0.175. The second-order valence-electron chi connectivity index (χ2n) is 7.86. The molecule has 2 fully saturated rings. The van der Waals surface area contributed by atoms with Crippen molar-refractivity contribution < 1.29 is 4.79 Å². The number of aromatic nitrogens is 2. The minimum Gasteiger partial charge on any atom is -0.345 e. The van der Waals surface area contributed by atoms with Crippen LogP contribution >= 0.6 is 0 Å². The Balaban J connectivity index is 1.58. The number of carbonyl (C=O) groups is 1. The van der Waals surface area contributed by atoms with Crippen LogP contribution in [0.5, 0.6) is 0 Å². The van der Waals surface area contributed by atoms with Gasteiger partial charge in [-0.2, -0.15) is 0 Å². The molecular formula is C20H22N4O. The Hall–Kier alpha value is -2.40. The number of fused-ring (bicyclic) bond motifs is 3. The van der Waals surface area contributed by atoms with Crippen LogP contribution in [-0.2, 0) is 10.3 Å². The van der Waals surface area contributed by atoms with E-state index in [1.165, 1.54) is 0 Å². The molecule has 1 aromatic carbocycles. The first-order valence-electron chi connectivity index (χ1n) is 8.94. The summed E-state index contributed by atoms with van der Waals surface area (Å²) in [5.74, 6) is 1.41. The number of hydrogen-bond donors (Lipinski definition) is 2. The highest BCUT2D eigenvalue weighted by Crippen LogP contribution is 2.49. The predicted octanol–water partition coefficient (Wildman–Crippen LogP) is 2.30. The molecule has 5 nitrogen and oxygen atoms in total. The molecule has 2 unspecified atom stereocenters. The van der Waals surface area contributed by atoms with Crippen molar-refractivity contribution in [2.75, 3.05) is 13.1 Å². The molecule has 25 heavy (non-hydrogen) atoms. The Kier molecular flexibility index (Phi) is 3.01. The summed E-state index contributed by atoms with van der Waals surface area (Å²) in [4.78, 5) is 17.3. The van der Waals surface area contributed by atoms with Crippen LogP contribution in [0.15, 0.2) is 42.7 Å². The van der Waals surface area contributed by atoms with Gasteiger partial charge < -0.3 is 15.0 Å². The van der Waals surface area contributed by atoms with E-state index in [-0.39, 0.29) is 11.8 Å². The Morgan fingerprint density at radius 1 is 1.28 bits per heavy atom. The number of carbonyl (C=O) groups excluding carboxylic acids is 1. The van der Waals surface area contributed by atoms with Gasteiger partial charge in [0.15, 0.2) is 0 Å². The van der Waals surface area contributed by atoms with E-state index in [0.717, 1.165) is 35.2 Å². The van der Waals surface area contributed by atoms with Gasteiger partial charge in [-0.3, -0.25) is 4.79 Å². The average Bonchev–Trinajstić information content (AvgIpc) is 2.92. The largest absolute Gasteiger partial charge is 0.345 e. The van der Waals surface area contributed by atoms with Crippen molar-refractivity contribution in [2.24, 2.45) is 17.8 Å². The van der Waals surface area contributed by atoms with Gasteiger partial charge in [0.05, 0.1) is 11.2 Å². The van der Waals surface area contributed by atoms with Gasteiger partial charge in [-0.1, -0.05) is 24.3 Å². The van der Waals surface area contributed by atoms with Crippen LogP contribution < -0.4 is 10.6 Å². The summed E-state index contributed by atoms with van der Waals surface area (Å²) in [7, 11) is 0. The number of nitrogens with one attached hydrogen (secondary N) is 2. The zero-order valence-corrected chi connectivity index (χ0v) is 14.5. The van der Waals surface area contributed by atoms with Crippen molar-refractivity contribution in [1.29, 1.82) is 0 Å². The van der Waals surface area contributed by atoms with Crippen LogP contribution in [0.2, 0.25) is 0 Å². The third-order valence-electron chi connectivity index (χ3n) is 5.83. The summed E-state index contributed by atoms with van der Waals surface area (Å²) < 4.78 is 2.10. The fraction of sp³-hybridized carbons (Fsp3) is 0.400. The molecule has 1 saturated carbocycles. The zero-order valence-electron chi connectivity index (χ0n) is 14.5. The topological polar surface area (TPSA) is 58.4 Å². The molecule has 5 heteroatoms. The Labute approximate surface area is 146 Å². The van der Waals surface area contributed by atoms with Crippen molar-refractivity contribution in [3.8, 4) is 0 Å². The molecule has 3 heterocycles. The van der Waals surface area contributed by atoms with Crippen LogP contribution in [-0.4, -0.2) is 28.4 Å². The number of rotatable bonds is 3. The van der Waals surface area contributed by atoms with Gasteiger partial charge in [0.2, 0.25) is 5.91 Å². The number of nitrogens with zero attached hydrogens (tertiary/aromatic N) is 2. The lowest BCUT2D eigenvalue weighted by atomic mass is 9.93. The summed E-state index contributed by atoms with van der Waals surface area (Å²) in [5, 5.41) is 8.97. The maximum Gasteiger partial charge on any atom is 0.224 e. The van der Waals surface area contributed by atoms with Crippen molar-refractivity contribution >= 4 is 22.3 Å². The molecule has 1 amide bonds. The molecule has 0 spiro atoms. The number of imidazole rings is 1. The van der Waals surface area contributed by atoms with E-state index in [9.17, 15) is 4.79 Å². The third kappa shape index (κ3) is 2.19. The van der Waals surface area contributed by atoms with Gasteiger partial charge in [0.1, 0.15) is 5.65 Å². The monoisotopic (exact) mass is 334 g/mol. The maximum absolute atomic E-state index is 12.9. The standard InChI is InChI=1S/C20H22N4O/c1-20(2,23-19(25)17-14-10-21-11-15(14)17)18-13-6-4-3-5-12(13)9-16-22-7-8-24(16)18/h3-9,14-15,17,21H,10-11H2,1-2H3,(H,23,25). The van der Waals surface area contributed by atoms with E-state index < -0.39 is 5.54 Å². The number of pyridine rings is 1. The average molecular weight is 334 g/mol. The Morgan fingerprint density at radius 2 is 2.04 bits per heavy atom. The molecule has 128 valence electrons. The molecule has 5 rings (SSSR count). The smallest absolute Gasteiger partial charge is 0.224 e. The van der Waals surface area contributed by atoms with Crippen LogP contribution in [0.3, 0.4) is 0 Å². The molecule has 2 N–H and O–H groups in total. The van der Waals surface area contributed by atoms with Crippen molar-refractivity contribution in [2.45, 2.75) is 19.4 Å². The van der Waals surface area contributed by atoms with Gasteiger partial charge in [-0.05, 0) is 50.2 Å². The highest BCUT2D eigenvalue weighted by molar-refractivity contribution is 5.90. The van der Waals surface area contributed by atoms with Gasteiger partial charge in [0, 0.05) is 23.7 Å². The second-order valence-corrected chi connectivity index (χ2v) is 7.86. The molecule has 2 atom stereocenters. The van der Waals surface area contributed by atoms with E-state index in [2.05, 4.69) is 52.1 Å². The fourth-order valence-corrected chi connectivity index (χ4v) is 4.61. The normalized spacial score (nSPS) is 25.3. The van der Waals surface area contributed by atoms with Crippen LogP contribution in [0, 0.1) is 17.8 Å². The molecular weight excluding hydrogens is 312 g/mol. The second kappa shape index (κ2) is 5.05. The Bertz CT molecular complexity index is 980. The lowest BCUT2D eigenvalue weighted by Crippen LogP contribution is -2.44. The maximum atomic E-state index is 12.9. The summed E-state index contributed by atoms with van der Waals surface area (Å²) in [6.45, 7) is 6.12. The Morgan fingerprint density at radius 3 is 2.84 bits per heavy atom. The van der Waals surface area contributed by atoms with Crippen molar-refractivity contribution in [1.82, 2.24) is 20.0 Å². The molecule has 3 aromatic rings. The zero-order chi connectivity index (χ0) is 17.2. The number of hydrogen-bond acceptors (Lipinski definition) is 3. The first-order chi connectivity index (χ1) is 12.1. The molecule has 1 aliphatic carbocycles. The van der Waals surface area contributed by atoms with Crippen molar-refractivity contribution in [3.05, 3.63) is 48.4 Å². The first kappa shape index (κ1) is 14.9. The number of benzene rings is 1. The van der Waals surface area contributed by atoms with E-state index in [0.29, 0.717) is 11.8 Å². The summed E-state index contributed by atoms with van der Waals surface area (Å²) in [5.41, 5.74) is 1.50. The minimum atomic E-state index is -0.485. The van der Waals surface area contributed by atoms with E-state index >= 15 is 0 Å². The van der Waals surface area contributed by atoms with E-state index in [1.807, 2.05) is 24.5 Å². The summed E-state index contributed by atoms with van der Waals surface area (Å²) in [6.07, 6.45) is 3.79. The SMILES string of the molecule is CC(C)(NC(=O)C1C2CNCC21)c1c2ccccc2cc2nccn12. The van der Waals surface area contributed by atoms with E-state index in [4.69, 9.17) is 0 Å². The molecule has 2 aromatic heterocycles.